The first-order valence-corrected chi connectivity index (χ1v) is 3.10. The zero-order valence-electron chi connectivity index (χ0n) is 5.75. The summed E-state index contributed by atoms with van der Waals surface area (Å²) in [6.07, 6.45) is 0. The molecule has 1 rings (SSSR count). The van der Waals surface area contributed by atoms with E-state index in [0.717, 1.165) is 26.3 Å². The lowest BCUT2D eigenvalue weighted by Crippen LogP contribution is -2.36. The van der Waals surface area contributed by atoms with Gasteiger partial charge in [-0.2, -0.15) is 5.26 Å². The van der Waals surface area contributed by atoms with Gasteiger partial charge in [-0.3, -0.25) is 4.90 Å². The van der Waals surface area contributed by atoms with E-state index in [1.54, 1.807) is 0 Å². The highest BCUT2D eigenvalue weighted by atomic mass is 35.5. The molecule has 0 unspecified atom stereocenters. The van der Waals surface area contributed by atoms with Crippen molar-refractivity contribution in [3.05, 3.63) is 0 Å². The molecule has 3 nitrogen and oxygen atoms in total. The van der Waals surface area contributed by atoms with Crippen LogP contribution in [0.4, 0.5) is 0 Å². The Hall–Kier alpha value is -0.300. The fraction of sp³-hybridized carbons (Fsp3) is 0.833. The summed E-state index contributed by atoms with van der Waals surface area (Å²) >= 11 is 0. The molecule has 0 saturated carbocycles. The Morgan fingerprint density at radius 1 is 1.40 bits per heavy atom. The number of morpholine rings is 1. The van der Waals surface area contributed by atoms with Crippen LogP contribution in [0.15, 0.2) is 0 Å². The molecule has 0 aromatic heterocycles. The first-order valence-electron chi connectivity index (χ1n) is 3.10. The smallest absolute Gasteiger partial charge is 0.0867 e. The Labute approximate surface area is 67.0 Å². The van der Waals surface area contributed by atoms with E-state index in [1.807, 2.05) is 0 Å². The minimum Gasteiger partial charge on any atom is -0.379 e. The summed E-state index contributed by atoms with van der Waals surface area (Å²) in [6.45, 7) is 3.92. The van der Waals surface area contributed by atoms with Crippen LogP contribution in [0.25, 0.3) is 0 Å². The number of nitrogens with zero attached hydrogens (tertiary/aromatic N) is 2. The van der Waals surface area contributed by atoms with Crippen molar-refractivity contribution >= 4 is 12.4 Å². The van der Waals surface area contributed by atoms with Gasteiger partial charge in [0.15, 0.2) is 0 Å². The highest BCUT2D eigenvalue weighted by Gasteiger charge is 2.07. The molecule has 0 aliphatic carbocycles. The minimum absolute atomic E-state index is 0. The first kappa shape index (κ1) is 9.70. The molecule has 1 aliphatic rings. The van der Waals surface area contributed by atoms with E-state index >= 15 is 0 Å². The van der Waals surface area contributed by atoms with Crippen LogP contribution in [0.3, 0.4) is 0 Å². The third-order valence-corrected chi connectivity index (χ3v) is 1.40. The molecule has 1 saturated heterocycles. The monoisotopic (exact) mass is 162 g/mol. The van der Waals surface area contributed by atoms with Crippen LogP contribution >= 0.6 is 12.4 Å². The van der Waals surface area contributed by atoms with Crippen LogP contribution in [0.2, 0.25) is 0 Å². The van der Waals surface area contributed by atoms with Crippen molar-refractivity contribution in [3.8, 4) is 6.07 Å². The van der Waals surface area contributed by atoms with Crippen molar-refractivity contribution in [1.82, 2.24) is 4.90 Å². The summed E-state index contributed by atoms with van der Waals surface area (Å²) in [5.41, 5.74) is 0. The third kappa shape index (κ3) is 3.02. The maximum atomic E-state index is 8.29. The molecule has 0 radical (unpaired) electrons. The highest BCUT2D eigenvalue weighted by Crippen LogP contribution is 1.93. The first-order chi connectivity index (χ1) is 4.43. The second-order valence-corrected chi connectivity index (χ2v) is 2.05. The van der Waals surface area contributed by atoms with E-state index in [2.05, 4.69) is 11.0 Å². The van der Waals surface area contributed by atoms with E-state index in [-0.39, 0.29) is 12.4 Å². The predicted octanol–water partition coefficient (Wildman–Crippen LogP) is 0.264. The normalized spacial score (nSPS) is 19.1. The van der Waals surface area contributed by atoms with Crippen LogP contribution in [0.5, 0.6) is 0 Å². The average Bonchev–Trinajstić information content (AvgIpc) is 1.91. The number of nitriles is 1. The van der Waals surface area contributed by atoms with Crippen molar-refractivity contribution in [2.75, 3.05) is 32.8 Å². The summed E-state index contributed by atoms with van der Waals surface area (Å²) in [4.78, 5) is 2.09. The van der Waals surface area contributed by atoms with Gasteiger partial charge < -0.3 is 4.74 Å². The predicted molar refractivity (Wildman–Crippen MR) is 40.1 cm³/mol. The van der Waals surface area contributed by atoms with Crippen molar-refractivity contribution in [1.29, 1.82) is 5.26 Å². The number of halogens is 1. The van der Waals surface area contributed by atoms with Crippen molar-refractivity contribution in [2.24, 2.45) is 0 Å². The maximum Gasteiger partial charge on any atom is 0.0867 e. The third-order valence-electron chi connectivity index (χ3n) is 1.40. The molecule has 0 spiro atoms. The van der Waals surface area contributed by atoms with E-state index in [4.69, 9.17) is 10.00 Å². The summed E-state index contributed by atoms with van der Waals surface area (Å²) < 4.78 is 5.09. The summed E-state index contributed by atoms with van der Waals surface area (Å²) in [5, 5.41) is 8.29. The SMILES string of the molecule is Cl.N#CCN1CCOCC1. The van der Waals surface area contributed by atoms with Crippen molar-refractivity contribution in [2.45, 2.75) is 0 Å². The van der Waals surface area contributed by atoms with Crippen molar-refractivity contribution in [3.63, 3.8) is 0 Å². The van der Waals surface area contributed by atoms with Crippen LogP contribution in [-0.4, -0.2) is 37.7 Å². The molecular weight excluding hydrogens is 152 g/mol. The Kier molecular flexibility index (Phi) is 5.32. The Bertz CT molecular complexity index is 117. The lowest BCUT2D eigenvalue weighted by atomic mass is 10.4. The van der Waals surface area contributed by atoms with Crippen LogP contribution in [-0.2, 0) is 4.74 Å². The van der Waals surface area contributed by atoms with Gasteiger partial charge >= 0.3 is 0 Å². The molecule has 0 amide bonds. The molecule has 10 heavy (non-hydrogen) atoms. The molecule has 58 valence electrons. The van der Waals surface area contributed by atoms with Gasteiger partial charge in [0.2, 0.25) is 0 Å². The molecule has 0 N–H and O–H groups in total. The zero-order valence-corrected chi connectivity index (χ0v) is 6.56. The van der Waals surface area contributed by atoms with E-state index < -0.39 is 0 Å². The molecular formula is C6H11ClN2O. The molecule has 0 bridgehead atoms. The molecule has 1 fully saturated rings. The maximum absolute atomic E-state index is 8.29. The Morgan fingerprint density at radius 3 is 2.50 bits per heavy atom. The summed E-state index contributed by atoms with van der Waals surface area (Å²) in [5.74, 6) is 0. The van der Waals surface area contributed by atoms with E-state index in [1.165, 1.54) is 0 Å². The van der Waals surface area contributed by atoms with Crippen LogP contribution in [0, 0.1) is 11.3 Å². The number of ether oxygens (including phenoxy) is 1. The molecule has 4 heteroatoms. The highest BCUT2D eigenvalue weighted by molar-refractivity contribution is 5.85. The van der Waals surface area contributed by atoms with Crippen LogP contribution < -0.4 is 0 Å². The molecule has 1 heterocycles. The Balaban J connectivity index is 0.000000810. The lowest BCUT2D eigenvalue weighted by Gasteiger charge is -2.23. The number of hydrogen-bond donors (Lipinski definition) is 0. The topological polar surface area (TPSA) is 36.3 Å². The van der Waals surface area contributed by atoms with Gasteiger partial charge in [-0.1, -0.05) is 0 Å². The fourth-order valence-corrected chi connectivity index (χ4v) is 0.859. The summed E-state index contributed by atoms with van der Waals surface area (Å²) in [7, 11) is 0. The van der Waals surface area contributed by atoms with Gasteiger partial charge in [0, 0.05) is 13.1 Å². The molecule has 0 aromatic rings. The second kappa shape index (κ2) is 5.48. The van der Waals surface area contributed by atoms with Crippen molar-refractivity contribution < 1.29 is 4.74 Å². The lowest BCUT2D eigenvalue weighted by molar-refractivity contribution is 0.0441. The molecule has 0 aromatic carbocycles. The second-order valence-electron chi connectivity index (χ2n) is 2.05. The average molecular weight is 163 g/mol. The number of hydrogen-bond acceptors (Lipinski definition) is 3. The van der Waals surface area contributed by atoms with E-state index in [0.29, 0.717) is 6.54 Å². The van der Waals surface area contributed by atoms with Gasteiger partial charge in [-0.25, -0.2) is 0 Å². The van der Waals surface area contributed by atoms with Crippen LogP contribution in [0.1, 0.15) is 0 Å². The quantitative estimate of drug-likeness (QED) is 0.520. The Morgan fingerprint density at radius 2 is 2.00 bits per heavy atom. The van der Waals surface area contributed by atoms with Gasteiger partial charge in [0.05, 0.1) is 25.8 Å². The van der Waals surface area contributed by atoms with Gasteiger partial charge in [0.1, 0.15) is 0 Å². The molecule has 1 aliphatic heterocycles. The fourth-order valence-electron chi connectivity index (χ4n) is 0.859. The van der Waals surface area contributed by atoms with Gasteiger partial charge in [0.25, 0.3) is 0 Å². The summed E-state index contributed by atoms with van der Waals surface area (Å²) in [6, 6.07) is 2.11. The standard InChI is InChI=1S/C6H10N2O.ClH/c7-1-2-8-3-5-9-6-4-8;/h2-6H2;1H. The zero-order chi connectivity index (χ0) is 6.53. The largest absolute Gasteiger partial charge is 0.379 e. The minimum atomic E-state index is 0. The van der Waals surface area contributed by atoms with E-state index in [9.17, 15) is 0 Å². The molecule has 0 atom stereocenters. The van der Waals surface area contributed by atoms with Gasteiger partial charge in [-0.15, -0.1) is 12.4 Å². The number of rotatable bonds is 1. The van der Waals surface area contributed by atoms with Gasteiger partial charge in [-0.05, 0) is 0 Å².